The molecule has 0 saturated carbocycles. The molecule has 1 heterocycles. The van der Waals surface area contributed by atoms with Crippen molar-refractivity contribution in [2.75, 3.05) is 11.4 Å². The van der Waals surface area contributed by atoms with Gasteiger partial charge >= 0.3 is 5.97 Å². The minimum atomic E-state index is -0.959. The summed E-state index contributed by atoms with van der Waals surface area (Å²) in [7, 11) is 0. The largest absolute Gasteiger partial charge is 0.478 e. The van der Waals surface area contributed by atoms with Crippen LogP contribution in [0.1, 0.15) is 28.5 Å². The van der Waals surface area contributed by atoms with E-state index in [1.807, 2.05) is 49.9 Å². The molecule has 0 unspecified atom stereocenters. The molecule has 0 amide bonds. The van der Waals surface area contributed by atoms with Crippen LogP contribution >= 0.6 is 0 Å². The first-order chi connectivity index (χ1) is 9.54. The van der Waals surface area contributed by atoms with E-state index in [-0.39, 0.29) is 5.56 Å². The summed E-state index contributed by atoms with van der Waals surface area (Å²) < 4.78 is 0. The molecule has 0 aliphatic rings. The number of para-hydroxylation sites is 1. The van der Waals surface area contributed by atoms with E-state index in [4.69, 9.17) is 0 Å². The molecule has 4 heteroatoms. The number of carbonyl (C=O) groups is 1. The molecule has 0 atom stereocenters. The third kappa shape index (κ3) is 2.64. The minimum Gasteiger partial charge on any atom is -0.478 e. The highest BCUT2D eigenvalue weighted by Crippen LogP contribution is 2.29. The number of aryl methyl sites for hydroxylation is 2. The van der Waals surface area contributed by atoms with Gasteiger partial charge in [0, 0.05) is 17.9 Å². The highest BCUT2D eigenvalue weighted by molar-refractivity contribution is 5.94. The molecule has 0 saturated heterocycles. The third-order valence-corrected chi connectivity index (χ3v) is 3.22. The first kappa shape index (κ1) is 14.1. The predicted octanol–water partition coefficient (Wildman–Crippen LogP) is 3.55. The summed E-state index contributed by atoms with van der Waals surface area (Å²) >= 11 is 0. The lowest BCUT2D eigenvalue weighted by molar-refractivity contribution is 0.0697. The number of rotatable bonds is 4. The number of hydrogen-bond donors (Lipinski definition) is 1. The van der Waals surface area contributed by atoms with Crippen LogP contribution < -0.4 is 4.90 Å². The van der Waals surface area contributed by atoms with Gasteiger partial charge in [-0.1, -0.05) is 18.2 Å². The van der Waals surface area contributed by atoms with Crippen LogP contribution in [0.3, 0.4) is 0 Å². The number of carboxylic acid groups (broad SMARTS) is 1. The van der Waals surface area contributed by atoms with E-state index >= 15 is 0 Å². The van der Waals surface area contributed by atoms with Crippen molar-refractivity contribution in [1.82, 2.24) is 4.98 Å². The summed E-state index contributed by atoms with van der Waals surface area (Å²) in [6.45, 7) is 6.51. The number of benzene rings is 1. The number of nitrogens with zero attached hydrogens (tertiary/aromatic N) is 2. The van der Waals surface area contributed by atoms with Gasteiger partial charge in [-0.05, 0) is 44.5 Å². The Kier molecular flexibility index (Phi) is 4.03. The predicted molar refractivity (Wildman–Crippen MR) is 79.8 cm³/mol. The topological polar surface area (TPSA) is 53.4 Å². The summed E-state index contributed by atoms with van der Waals surface area (Å²) in [5.74, 6) is -0.464. The third-order valence-electron chi connectivity index (χ3n) is 3.22. The Morgan fingerprint density at radius 3 is 2.50 bits per heavy atom. The van der Waals surface area contributed by atoms with Crippen LogP contribution in [0.2, 0.25) is 0 Å². The van der Waals surface area contributed by atoms with Crippen molar-refractivity contribution in [2.24, 2.45) is 0 Å². The Bertz CT molecular complexity index is 638. The number of anilines is 2. The van der Waals surface area contributed by atoms with Crippen molar-refractivity contribution < 1.29 is 9.90 Å². The highest BCUT2D eigenvalue weighted by atomic mass is 16.4. The van der Waals surface area contributed by atoms with Gasteiger partial charge in [0.05, 0.1) is 0 Å². The maximum Gasteiger partial charge on any atom is 0.339 e. The minimum absolute atomic E-state index is 0.223. The van der Waals surface area contributed by atoms with Gasteiger partial charge in [-0.3, -0.25) is 0 Å². The molecule has 2 aromatic rings. The molecule has 1 aromatic heterocycles. The molecule has 0 aliphatic heterocycles. The molecule has 0 fully saturated rings. The highest BCUT2D eigenvalue weighted by Gasteiger charge is 2.19. The number of hydrogen-bond acceptors (Lipinski definition) is 3. The quantitative estimate of drug-likeness (QED) is 0.923. The van der Waals surface area contributed by atoms with Crippen LogP contribution in [0, 0.1) is 13.8 Å². The molecule has 1 aromatic carbocycles. The summed E-state index contributed by atoms with van der Waals surface area (Å²) in [5.41, 5.74) is 3.10. The zero-order valence-corrected chi connectivity index (χ0v) is 11.9. The van der Waals surface area contributed by atoms with Crippen LogP contribution in [0.4, 0.5) is 11.5 Å². The molecule has 0 radical (unpaired) electrons. The first-order valence-corrected chi connectivity index (χ1v) is 6.58. The fraction of sp³-hybridized carbons (Fsp3) is 0.250. The van der Waals surface area contributed by atoms with Gasteiger partial charge in [-0.2, -0.15) is 0 Å². The van der Waals surface area contributed by atoms with Crippen LogP contribution in [0.5, 0.6) is 0 Å². The number of aromatic carboxylic acids is 1. The number of carboxylic acids is 1. The fourth-order valence-corrected chi connectivity index (χ4v) is 2.22. The lowest BCUT2D eigenvalue weighted by Crippen LogP contribution is -2.21. The summed E-state index contributed by atoms with van der Waals surface area (Å²) in [4.78, 5) is 17.8. The van der Waals surface area contributed by atoms with Gasteiger partial charge in [-0.15, -0.1) is 0 Å². The summed E-state index contributed by atoms with van der Waals surface area (Å²) in [6, 6.07) is 11.2. The molecule has 0 aliphatic carbocycles. The Balaban J connectivity index is 2.60. The lowest BCUT2D eigenvalue weighted by atomic mass is 10.1. The Morgan fingerprint density at radius 1 is 1.20 bits per heavy atom. The van der Waals surface area contributed by atoms with Crippen molar-refractivity contribution in [3.05, 3.63) is 53.2 Å². The van der Waals surface area contributed by atoms with E-state index < -0.39 is 5.97 Å². The van der Waals surface area contributed by atoms with Gasteiger partial charge in [0.2, 0.25) is 0 Å². The van der Waals surface area contributed by atoms with Gasteiger partial charge in [-0.25, -0.2) is 9.78 Å². The molecule has 20 heavy (non-hydrogen) atoms. The molecule has 104 valence electrons. The maximum atomic E-state index is 11.4. The Labute approximate surface area is 118 Å². The summed E-state index contributed by atoms with van der Waals surface area (Å²) in [6.07, 6.45) is 0. The normalized spacial score (nSPS) is 10.3. The second-order valence-electron chi connectivity index (χ2n) is 4.66. The average molecular weight is 270 g/mol. The van der Waals surface area contributed by atoms with Crippen LogP contribution in [0.25, 0.3) is 0 Å². The van der Waals surface area contributed by atoms with Gasteiger partial charge in [0.1, 0.15) is 11.4 Å². The van der Waals surface area contributed by atoms with Crippen molar-refractivity contribution in [1.29, 1.82) is 0 Å². The molecule has 2 rings (SSSR count). The maximum absolute atomic E-state index is 11.4. The fourth-order valence-electron chi connectivity index (χ4n) is 2.22. The van der Waals surface area contributed by atoms with E-state index in [1.165, 1.54) is 0 Å². The van der Waals surface area contributed by atoms with Crippen LogP contribution in [-0.4, -0.2) is 22.6 Å². The van der Waals surface area contributed by atoms with E-state index in [9.17, 15) is 9.90 Å². The van der Waals surface area contributed by atoms with E-state index in [0.29, 0.717) is 12.4 Å². The molecular weight excluding hydrogens is 252 g/mol. The zero-order chi connectivity index (χ0) is 14.7. The zero-order valence-electron chi connectivity index (χ0n) is 11.9. The molecular formula is C16H18N2O2. The van der Waals surface area contributed by atoms with Gasteiger partial charge < -0.3 is 10.0 Å². The monoisotopic (exact) mass is 270 g/mol. The number of pyridine rings is 1. The number of aromatic nitrogens is 1. The van der Waals surface area contributed by atoms with Gasteiger partial charge in [0.15, 0.2) is 0 Å². The molecule has 4 nitrogen and oxygen atoms in total. The average Bonchev–Trinajstić information content (AvgIpc) is 2.41. The van der Waals surface area contributed by atoms with Crippen LogP contribution in [-0.2, 0) is 0 Å². The van der Waals surface area contributed by atoms with Crippen molar-refractivity contribution in [3.8, 4) is 0 Å². The van der Waals surface area contributed by atoms with E-state index in [0.717, 1.165) is 16.9 Å². The van der Waals surface area contributed by atoms with E-state index in [2.05, 4.69) is 4.98 Å². The van der Waals surface area contributed by atoms with Crippen LogP contribution in [0.15, 0.2) is 36.4 Å². The SMILES string of the molecule is CCN(c1ccccc1C)c1nc(C)ccc1C(=O)O. The summed E-state index contributed by atoms with van der Waals surface area (Å²) in [5, 5.41) is 9.35. The Hall–Kier alpha value is -2.36. The second kappa shape index (κ2) is 5.74. The van der Waals surface area contributed by atoms with Crippen molar-refractivity contribution in [2.45, 2.75) is 20.8 Å². The molecule has 0 bridgehead atoms. The standard InChI is InChI=1S/C16H18N2O2/c1-4-18(14-8-6-5-7-11(14)2)15-13(16(19)20)10-9-12(3)17-15/h5-10H,4H2,1-3H3,(H,19,20). The van der Waals surface area contributed by atoms with Gasteiger partial charge in [0.25, 0.3) is 0 Å². The van der Waals surface area contributed by atoms with Crippen molar-refractivity contribution in [3.63, 3.8) is 0 Å². The van der Waals surface area contributed by atoms with Crippen molar-refractivity contribution >= 4 is 17.5 Å². The first-order valence-electron chi connectivity index (χ1n) is 6.58. The second-order valence-corrected chi connectivity index (χ2v) is 4.66. The Morgan fingerprint density at radius 2 is 1.90 bits per heavy atom. The van der Waals surface area contributed by atoms with E-state index in [1.54, 1.807) is 12.1 Å². The molecule has 0 spiro atoms. The lowest BCUT2D eigenvalue weighted by Gasteiger charge is -2.25. The smallest absolute Gasteiger partial charge is 0.339 e. The molecule has 1 N–H and O–H groups in total.